The lowest BCUT2D eigenvalue weighted by atomic mass is 10.1. The fraction of sp³-hybridized carbons (Fsp3) is 0.562. The van der Waals surface area contributed by atoms with Crippen molar-refractivity contribution in [3.05, 3.63) is 29.3 Å². The van der Waals surface area contributed by atoms with E-state index in [1.54, 1.807) is 23.1 Å². The molecule has 22 heavy (non-hydrogen) atoms. The molecular formula is C16H24N2O3S. The normalized spacial score (nSPS) is 17.3. The van der Waals surface area contributed by atoms with Crippen molar-refractivity contribution >= 4 is 21.6 Å². The van der Waals surface area contributed by atoms with Gasteiger partial charge in [-0.3, -0.25) is 9.10 Å². The summed E-state index contributed by atoms with van der Waals surface area (Å²) in [5.41, 5.74) is 2.12. The molecule has 1 aromatic rings. The van der Waals surface area contributed by atoms with Crippen LogP contribution in [0.1, 0.15) is 42.6 Å². The summed E-state index contributed by atoms with van der Waals surface area (Å²) < 4.78 is 25.9. The lowest BCUT2D eigenvalue weighted by Gasteiger charge is -2.29. The van der Waals surface area contributed by atoms with Gasteiger partial charge in [0.1, 0.15) is 0 Å². The highest BCUT2D eigenvalue weighted by Crippen LogP contribution is 2.27. The predicted molar refractivity (Wildman–Crippen MR) is 88.8 cm³/mol. The van der Waals surface area contributed by atoms with E-state index >= 15 is 0 Å². The van der Waals surface area contributed by atoms with Crippen LogP contribution in [0.2, 0.25) is 0 Å². The Morgan fingerprint density at radius 2 is 1.91 bits per heavy atom. The number of anilines is 1. The van der Waals surface area contributed by atoms with Gasteiger partial charge in [0, 0.05) is 25.2 Å². The first-order valence-corrected chi connectivity index (χ1v) is 9.42. The van der Waals surface area contributed by atoms with Gasteiger partial charge in [0.15, 0.2) is 0 Å². The Balaban J connectivity index is 2.32. The van der Waals surface area contributed by atoms with Gasteiger partial charge in [-0.2, -0.15) is 0 Å². The van der Waals surface area contributed by atoms with E-state index in [2.05, 4.69) is 0 Å². The van der Waals surface area contributed by atoms with Crippen molar-refractivity contribution < 1.29 is 13.2 Å². The Hall–Kier alpha value is -1.56. The molecule has 6 heteroatoms. The SMILES string of the molecule is CCN(CC)C(=O)c1ccc(N2CCCCS2(=O)=O)c(C)c1. The van der Waals surface area contributed by atoms with Gasteiger partial charge in [0.05, 0.1) is 11.4 Å². The zero-order valence-corrected chi connectivity index (χ0v) is 14.3. The first kappa shape index (κ1) is 16.8. The van der Waals surface area contributed by atoms with Crippen LogP contribution in [0.3, 0.4) is 0 Å². The summed E-state index contributed by atoms with van der Waals surface area (Å²) in [6, 6.07) is 5.28. The minimum atomic E-state index is -3.22. The third kappa shape index (κ3) is 3.27. The Morgan fingerprint density at radius 3 is 2.45 bits per heavy atom. The largest absolute Gasteiger partial charge is 0.339 e. The molecule has 1 fully saturated rings. The van der Waals surface area contributed by atoms with Gasteiger partial charge in [0.25, 0.3) is 5.91 Å². The fourth-order valence-corrected chi connectivity index (χ4v) is 4.52. The molecule has 0 radical (unpaired) electrons. The molecular weight excluding hydrogens is 300 g/mol. The van der Waals surface area contributed by atoms with Crippen molar-refractivity contribution in [1.82, 2.24) is 4.90 Å². The van der Waals surface area contributed by atoms with E-state index in [1.165, 1.54) is 4.31 Å². The zero-order chi connectivity index (χ0) is 16.3. The maximum Gasteiger partial charge on any atom is 0.253 e. The van der Waals surface area contributed by atoms with Crippen molar-refractivity contribution in [3.8, 4) is 0 Å². The van der Waals surface area contributed by atoms with Crippen molar-refractivity contribution in [2.24, 2.45) is 0 Å². The average Bonchev–Trinajstić information content (AvgIpc) is 2.48. The summed E-state index contributed by atoms with van der Waals surface area (Å²) >= 11 is 0. The molecule has 2 rings (SSSR count). The third-order valence-electron chi connectivity index (χ3n) is 4.11. The molecule has 0 saturated carbocycles. The first-order valence-electron chi connectivity index (χ1n) is 7.81. The lowest BCUT2D eigenvalue weighted by molar-refractivity contribution is 0.0773. The number of aryl methyl sites for hydroxylation is 1. The molecule has 0 unspecified atom stereocenters. The number of rotatable bonds is 4. The molecule has 0 atom stereocenters. The number of hydrogen-bond acceptors (Lipinski definition) is 3. The van der Waals surface area contributed by atoms with Crippen LogP contribution in [0, 0.1) is 6.92 Å². The molecule has 0 aromatic heterocycles. The van der Waals surface area contributed by atoms with Crippen molar-refractivity contribution in [3.63, 3.8) is 0 Å². The topological polar surface area (TPSA) is 57.7 Å². The molecule has 1 saturated heterocycles. The van der Waals surface area contributed by atoms with Gasteiger partial charge < -0.3 is 4.90 Å². The molecule has 0 bridgehead atoms. The van der Waals surface area contributed by atoms with E-state index in [0.29, 0.717) is 30.9 Å². The summed E-state index contributed by atoms with van der Waals surface area (Å²) in [6.07, 6.45) is 1.59. The van der Waals surface area contributed by atoms with Crippen LogP contribution in [0.25, 0.3) is 0 Å². The van der Waals surface area contributed by atoms with Crippen molar-refractivity contribution in [2.45, 2.75) is 33.6 Å². The number of benzene rings is 1. The van der Waals surface area contributed by atoms with Gasteiger partial charge in [0.2, 0.25) is 10.0 Å². The molecule has 5 nitrogen and oxygen atoms in total. The molecule has 1 aromatic carbocycles. The van der Waals surface area contributed by atoms with Crippen LogP contribution in [0.5, 0.6) is 0 Å². The molecule has 1 aliphatic rings. The van der Waals surface area contributed by atoms with Gasteiger partial charge in [-0.05, 0) is 57.4 Å². The summed E-state index contributed by atoms with van der Waals surface area (Å²) in [4.78, 5) is 14.1. The summed E-state index contributed by atoms with van der Waals surface area (Å²) in [5.74, 6) is 0.188. The molecule has 1 aliphatic heterocycles. The Labute approximate surface area is 133 Å². The summed E-state index contributed by atoms with van der Waals surface area (Å²) in [7, 11) is -3.22. The zero-order valence-electron chi connectivity index (χ0n) is 13.5. The summed E-state index contributed by atoms with van der Waals surface area (Å²) in [6.45, 7) is 7.60. The van der Waals surface area contributed by atoms with E-state index in [-0.39, 0.29) is 11.7 Å². The Kier molecular flexibility index (Phi) is 5.11. The minimum absolute atomic E-state index is 0.0128. The highest BCUT2D eigenvalue weighted by molar-refractivity contribution is 7.92. The molecule has 0 spiro atoms. The number of hydrogen-bond donors (Lipinski definition) is 0. The van der Waals surface area contributed by atoms with E-state index in [0.717, 1.165) is 18.4 Å². The quantitative estimate of drug-likeness (QED) is 0.854. The second-order valence-corrected chi connectivity index (χ2v) is 7.59. The van der Waals surface area contributed by atoms with Gasteiger partial charge in [-0.25, -0.2) is 8.42 Å². The van der Waals surface area contributed by atoms with E-state index in [4.69, 9.17) is 0 Å². The highest BCUT2D eigenvalue weighted by Gasteiger charge is 2.27. The molecule has 1 heterocycles. The van der Waals surface area contributed by atoms with Crippen molar-refractivity contribution in [2.75, 3.05) is 29.7 Å². The minimum Gasteiger partial charge on any atom is -0.339 e. The highest BCUT2D eigenvalue weighted by atomic mass is 32.2. The number of amides is 1. The first-order chi connectivity index (χ1) is 10.4. The Bertz CT molecular complexity index is 651. The Morgan fingerprint density at radius 1 is 1.23 bits per heavy atom. The number of sulfonamides is 1. The molecule has 1 amide bonds. The predicted octanol–water partition coefficient (Wildman–Crippen LogP) is 2.41. The molecule has 0 aliphatic carbocycles. The fourth-order valence-electron chi connectivity index (χ4n) is 2.82. The maximum atomic E-state index is 12.4. The number of carbonyl (C=O) groups excluding carboxylic acids is 1. The van der Waals surface area contributed by atoms with Crippen LogP contribution >= 0.6 is 0 Å². The van der Waals surface area contributed by atoms with Gasteiger partial charge in [-0.15, -0.1) is 0 Å². The maximum absolute atomic E-state index is 12.4. The van der Waals surface area contributed by atoms with Crippen LogP contribution in [-0.2, 0) is 10.0 Å². The summed E-state index contributed by atoms with van der Waals surface area (Å²) in [5, 5.41) is 0. The van der Waals surface area contributed by atoms with Crippen LogP contribution in [0.15, 0.2) is 18.2 Å². The van der Waals surface area contributed by atoms with E-state index < -0.39 is 10.0 Å². The van der Waals surface area contributed by atoms with Crippen LogP contribution in [0.4, 0.5) is 5.69 Å². The van der Waals surface area contributed by atoms with Crippen LogP contribution in [-0.4, -0.2) is 44.6 Å². The van der Waals surface area contributed by atoms with Gasteiger partial charge in [-0.1, -0.05) is 0 Å². The van der Waals surface area contributed by atoms with Crippen molar-refractivity contribution in [1.29, 1.82) is 0 Å². The second-order valence-electron chi connectivity index (χ2n) is 5.57. The standard InChI is InChI=1S/C16H24N2O3S/c1-4-17(5-2)16(19)14-8-9-15(13(3)12-14)18-10-6-7-11-22(18,20)21/h8-9,12H,4-7,10-11H2,1-3H3. The third-order valence-corrected chi connectivity index (χ3v) is 5.97. The number of carbonyl (C=O) groups is 1. The lowest BCUT2D eigenvalue weighted by Crippen LogP contribution is -2.38. The van der Waals surface area contributed by atoms with E-state index in [1.807, 2.05) is 20.8 Å². The smallest absolute Gasteiger partial charge is 0.253 e. The van der Waals surface area contributed by atoms with Crippen LogP contribution < -0.4 is 4.31 Å². The molecule has 0 N–H and O–H groups in total. The average molecular weight is 324 g/mol. The van der Waals surface area contributed by atoms with E-state index in [9.17, 15) is 13.2 Å². The second kappa shape index (κ2) is 6.69. The number of nitrogens with zero attached hydrogens (tertiary/aromatic N) is 2. The van der Waals surface area contributed by atoms with Gasteiger partial charge >= 0.3 is 0 Å². The monoisotopic (exact) mass is 324 g/mol. The molecule has 122 valence electrons.